The van der Waals surface area contributed by atoms with Crippen molar-refractivity contribution in [2.24, 2.45) is 0 Å². The highest BCUT2D eigenvalue weighted by molar-refractivity contribution is 7.88. The number of pyridine rings is 1. The summed E-state index contributed by atoms with van der Waals surface area (Å²) >= 11 is 0. The van der Waals surface area contributed by atoms with Gasteiger partial charge in [-0.15, -0.1) is 0 Å². The molecule has 1 amide bonds. The average molecular weight is 364 g/mol. The summed E-state index contributed by atoms with van der Waals surface area (Å²) in [6, 6.07) is 5.12. The lowest BCUT2D eigenvalue weighted by Crippen LogP contribution is -2.47. The molecular weight excluding hydrogens is 344 g/mol. The van der Waals surface area contributed by atoms with E-state index in [1.54, 1.807) is 25.1 Å². The fourth-order valence-electron chi connectivity index (χ4n) is 3.03. The molecule has 1 fully saturated rings. The summed E-state index contributed by atoms with van der Waals surface area (Å²) in [7, 11) is -3.21. The van der Waals surface area contributed by atoms with Crippen LogP contribution < -0.4 is 10.9 Å². The number of amides is 1. The fraction of sp³-hybridized carbons (Fsp3) is 0.438. The number of nitrogens with zero attached hydrogens (tertiary/aromatic N) is 3. The fourth-order valence-corrected chi connectivity index (χ4v) is 3.90. The predicted molar refractivity (Wildman–Crippen MR) is 93.1 cm³/mol. The predicted octanol–water partition coefficient (Wildman–Crippen LogP) is 0.157. The zero-order valence-corrected chi connectivity index (χ0v) is 14.9. The molecule has 1 N–H and O–H groups in total. The molecule has 25 heavy (non-hydrogen) atoms. The largest absolute Gasteiger partial charge is 0.349 e. The summed E-state index contributed by atoms with van der Waals surface area (Å²) in [5.74, 6) is -0.479. The van der Waals surface area contributed by atoms with Crippen molar-refractivity contribution in [1.29, 1.82) is 0 Å². The second-order valence-corrected chi connectivity index (χ2v) is 8.23. The molecule has 1 aliphatic rings. The van der Waals surface area contributed by atoms with E-state index in [0.29, 0.717) is 37.3 Å². The minimum atomic E-state index is -3.21. The molecule has 134 valence electrons. The van der Waals surface area contributed by atoms with Gasteiger partial charge >= 0.3 is 0 Å². The molecule has 0 atom stereocenters. The smallest absolute Gasteiger partial charge is 0.270 e. The molecule has 0 saturated carbocycles. The number of hydrogen-bond acceptors (Lipinski definition) is 5. The van der Waals surface area contributed by atoms with Gasteiger partial charge in [-0.25, -0.2) is 17.7 Å². The van der Waals surface area contributed by atoms with Crippen LogP contribution in [0.25, 0.3) is 5.65 Å². The molecule has 0 bridgehead atoms. The number of rotatable bonds is 3. The van der Waals surface area contributed by atoms with E-state index in [-0.39, 0.29) is 11.6 Å². The molecule has 0 aliphatic carbocycles. The normalized spacial score (nSPS) is 16.9. The van der Waals surface area contributed by atoms with Gasteiger partial charge in [0.05, 0.1) is 6.26 Å². The summed E-state index contributed by atoms with van der Waals surface area (Å²) in [5, 5.41) is 2.82. The van der Waals surface area contributed by atoms with Gasteiger partial charge < -0.3 is 5.32 Å². The average Bonchev–Trinajstić information content (AvgIpc) is 2.54. The van der Waals surface area contributed by atoms with Gasteiger partial charge in [-0.2, -0.15) is 0 Å². The number of aryl methyl sites for hydroxylation is 1. The first-order chi connectivity index (χ1) is 11.8. The summed E-state index contributed by atoms with van der Waals surface area (Å²) < 4.78 is 25.8. The molecule has 9 heteroatoms. The first kappa shape index (κ1) is 17.6. The molecule has 0 radical (unpaired) electrons. The third kappa shape index (κ3) is 3.57. The highest BCUT2D eigenvalue weighted by Crippen LogP contribution is 2.13. The lowest BCUT2D eigenvalue weighted by Gasteiger charge is -2.30. The van der Waals surface area contributed by atoms with Gasteiger partial charge in [-0.05, 0) is 31.9 Å². The Hall–Kier alpha value is -2.26. The molecule has 0 aromatic carbocycles. The third-order valence-electron chi connectivity index (χ3n) is 4.43. The van der Waals surface area contributed by atoms with E-state index in [2.05, 4.69) is 10.3 Å². The van der Waals surface area contributed by atoms with E-state index in [1.165, 1.54) is 21.2 Å². The van der Waals surface area contributed by atoms with Crippen molar-refractivity contribution >= 4 is 21.6 Å². The van der Waals surface area contributed by atoms with Crippen LogP contribution in [0.2, 0.25) is 0 Å². The van der Waals surface area contributed by atoms with E-state index in [9.17, 15) is 18.0 Å². The zero-order chi connectivity index (χ0) is 18.2. The van der Waals surface area contributed by atoms with Crippen LogP contribution in [0, 0.1) is 6.92 Å². The van der Waals surface area contributed by atoms with Crippen molar-refractivity contribution in [3.8, 4) is 0 Å². The van der Waals surface area contributed by atoms with Crippen molar-refractivity contribution in [1.82, 2.24) is 19.0 Å². The van der Waals surface area contributed by atoms with Crippen LogP contribution in [-0.2, 0) is 10.0 Å². The topological polar surface area (TPSA) is 101 Å². The molecule has 2 aromatic rings. The maximum atomic E-state index is 12.6. The van der Waals surface area contributed by atoms with Gasteiger partial charge in [-0.3, -0.25) is 14.0 Å². The number of nitrogens with one attached hydrogen (secondary N) is 1. The van der Waals surface area contributed by atoms with Gasteiger partial charge in [0.1, 0.15) is 11.2 Å². The summed E-state index contributed by atoms with van der Waals surface area (Å²) in [6.45, 7) is 2.49. The van der Waals surface area contributed by atoms with E-state index in [4.69, 9.17) is 0 Å². The number of fused-ring (bicyclic) bond motifs is 1. The molecule has 1 aliphatic heterocycles. The number of carbonyl (C=O) groups excluding carboxylic acids is 1. The minimum absolute atomic E-state index is 0.0163. The quantitative estimate of drug-likeness (QED) is 0.836. The van der Waals surface area contributed by atoms with Crippen molar-refractivity contribution in [2.45, 2.75) is 25.8 Å². The maximum Gasteiger partial charge on any atom is 0.270 e. The second-order valence-electron chi connectivity index (χ2n) is 6.25. The van der Waals surface area contributed by atoms with Crippen LogP contribution in [0.3, 0.4) is 0 Å². The third-order valence-corrected chi connectivity index (χ3v) is 5.73. The standard InChI is InChI=1S/C16H20N4O4S/c1-11-4-3-5-14-17-10-13(16(22)20(11)14)15(21)18-12-6-8-19(9-7-12)25(2,23)24/h3-5,10,12H,6-9H2,1-2H3,(H,18,21). The van der Waals surface area contributed by atoms with Crippen LogP contribution in [0.1, 0.15) is 28.9 Å². The Bertz CT molecular complexity index is 975. The summed E-state index contributed by atoms with van der Waals surface area (Å²) in [5.41, 5.74) is 0.764. The molecule has 0 spiro atoms. The maximum absolute atomic E-state index is 12.6. The molecule has 3 heterocycles. The second kappa shape index (κ2) is 6.57. The Balaban J connectivity index is 1.77. The van der Waals surface area contributed by atoms with Crippen molar-refractivity contribution in [2.75, 3.05) is 19.3 Å². The minimum Gasteiger partial charge on any atom is -0.349 e. The van der Waals surface area contributed by atoms with Gasteiger partial charge in [0.25, 0.3) is 11.5 Å². The Kier molecular flexibility index (Phi) is 4.61. The van der Waals surface area contributed by atoms with E-state index in [0.717, 1.165) is 0 Å². The van der Waals surface area contributed by atoms with Crippen LogP contribution in [0.5, 0.6) is 0 Å². The zero-order valence-electron chi connectivity index (χ0n) is 14.1. The molecule has 8 nitrogen and oxygen atoms in total. The molecule has 2 aromatic heterocycles. The first-order valence-electron chi connectivity index (χ1n) is 8.01. The number of carbonyl (C=O) groups is 1. The van der Waals surface area contributed by atoms with E-state index >= 15 is 0 Å². The number of sulfonamides is 1. The monoisotopic (exact) mass is 364 g/mol. The van der Waals surface area contributed by atoms with E-state index < -0.39 is 21.5 Å². The molecule has 0 unspecified atom stereocenters. The first-order valence-corrected chi connectivity index (χ1v) is 9.85. The van der Waals surface area contributed by atoms with Crippen molar-refractivity contribution in [3.63, 3.8) is 0 Å². The molecular formula is C16H20N4O4S. The summed E-state index contributed by atoms with van der Waals surface area (Å²) in [6.07, 6.45) is 3.49. The summed E-state index contributed by atoms with van der Waals surface area (Å²) in [4.78, 5) is 29.2. The van der Waals surface area contributed by atoms with Gasteiger partial charge in [0, 0.05) is 31.0 Å². The van der Waals surface area contributed by atoms with E-state index in [1.807, 2.05) is 0 Å². The number of aromatic nitrogens is 2. The Labute approximate surface area is 145 Å². The number of piperidine rings is 1. The van der Waals surface area contributed by atoms with Gasteiger partial charge in [-0.1, -0.05) is 6.07 Å². The molecule has 3 rings (SSSR count). The lowest BCUT2D eigenvalue weighted by atomic mass is 10.1. The Morgan fingerprint density at radius 3 is 2.60 bits per heavy atom. The van der Waals surface area contributed by atoms with Crippen molar-refractivity contribution in [3.05, 3.63) is 46.0 Å². The van der Waals surface area contributed by atoms with Gasteiger partial charge in [0.15, 0.2) is 0 Å². The number of hydrogen-bond donors (Lipinski definition) is 1. The van der Waals surface area contributed by atoms with Crippen LogP contribution in [-0.4, -0.2) is 53.4 Å². The van der Waals surface area contributed by atoms with Crippen LogP contribution in [0.4, 0.5) is 0 Å². The highest BCUT2D eigenvalue weighted by Gasteiger charge is 2.26. The highest BCUT2D eigenvalue weighted by atomic mass is 32.2. The molecule has 1 saturated heterocycles. The Morgan fingerprint density at radius 2 is 1.96 bits per heavy atom. The van der Waals surface area contributed by atoms with Crippen LogP contribution >= 0.6 is 0 Å². The van der Waals surface area contributed by atoms with Crippen LogP contribution in [0.15, 0.2) is 29.2 Å². The lowest BCUT2D eigenvalue weighted by molar-refractivity contribution is 0.0922. The Morgan fingerprint density at radius 1 is 1.28 bits per heavy atom. The van der Waals surface area contributed by atoms with Crippen molar-refractivity contribution < 1.29 is 13.2 Å². The van der Waals surface area contributed by atoms with Gasteiger partial charge in [0.2, 0.25) is 10.0 Å². The SMILES string of the molecule is Cc1cccc2ncc(C(=O)NC3CCN(S(C)(=O)=O)CC3)c(=O)n12.